The molecule has 0 rings (SSSR count). The van der Waals surface area contributed by atoms with E-state index in [1.807, 2.05) is 0 Å². The molecule has 0 unspecified atom stereocenters. The van der Waals surface area contributed by atoms with E-state index in [2.05, 4.69) is 0 Å². The molecule has 0 saturated carbocycles. The van der Waals surface area contributed by atoms with Crippen molar-refractivity contribution in [1.82, 2.24) is 0 Å². The molecule has 0 aliphatic heterocycles. The predicted molar refractivity (Wildman–Crippen MR) is 56.3 cm³/mol. The molecular weight excluding hydrogens is 215 g/mol. The van der Waals surface area contributed by atoms with Gasteiger partial charge in [-0.1, -0.05) is 20.8 Å². The summed E-state index contributed by atoms with van der Waals surface area (Å²) in [5, 5.41) is 0. The minimum atomic E-state index is -2.44. The first-order valence-electron chi connectivity index (χ1n) is 5.27. The van der Waals surface area contributed by atoms with Gasteiger partial charge in [-0.25, -0.2) is 0 Å². The summed E-state index contributed by atoms with van der Waals surface area (Å²) < 4.78 is 14.1. The van der Waals surface area contributed by atoms with Crippen LogP contribution in [-0.4, -0.2) is 25.2 Å². The number of rotatable bonds is 6. The van der Waals surface area contributed by atoms with Crippen molar-refractivity contribution in [3.8, 4) is 0 Å². The summed E-state index contributed by atoms with van der Waals surface area (Å²) in [5.41, 5.74) is 0. The second-order valence-electron chi connectivity index (χ2n) is 2.96. The number of hydrogen-bond donors (Lipinski definition) is 0. The van der Waals surface area contributed by atoms with Crippen LogP contribution < -0.4 is 0 Å². The zero-order chi connectivity index (χ0) is 12.6. The summed E-state index contributed by atoms with van der Waals surface area (Å²) in [5.74, 6) is -1.73. The second kappa shape index (κ2) is 7.73. The maximum Gasteiger partial charge on any atom is 0.541 e. The van der Waals surface area contributed by atoms with Crippen LogP contribution in [0.4, 0.5) is 0 Å². The summed E-state index contributed by atoms with van der Waals surface area (Å²) >= 11 is 0. The summed E-state index contributed by atoms with van der Waals surface area (Å²) in [6.45, 7) is 4.76. The van der Waals surface area contributed by atoms with Crippen molar-refractivity contribution in [2.75, 3.05) is 0 Å². The first-order valence-corrected chi connectivity index (χ1v) is 5.27. The summed E-state index contributed by atoms with van der Waals surface area (Å²) in [4.78, 5) is 32.9. The highest BCUT2D eigenvalue weighted by Crippen LogP contribution is 2.00. The Hall–Kier alpha value is -1.53. The summed E-state index contributed by atoms with van der Waals surface area (Å²) in [7, 11) is -2.44. The Labute approximate surface area is 94.4 Å². The highest BCUT2D eigenvalue weighted by molar-refractivity contribution is 6.44. The van der Waals surface area contributed by atoms with Gasteiger partial charge in [0.15, 0.2) is 0 Å². The van der Waals surface area contributed by atoms with Gasteiger partial charge in [0.2, 0.25) is 0 Å². The average molecular weight is 231 g/mol. The van der Waals surface area contributed by atoms with Crippen LogP contribution in [0.5, 0.6) is 0 Å². The van der Waals surface area contributed by atoms with Gasteiger partial charge >= 0.3 is 7.32 Å². The first-order chi connectivity index (χ1) is 7.53. The molecule has 0 saturated heterocycles. The van der Waals surface area contributed by atoms with Crippen molar-refractivity contribution < 1.29 is 28.3 Å². The monoisotopic (exact) mass is 231 g/mol. The fourth-order valence-corrected chi connectivity index (χ4v) is 0.789. The van der Waals surface area contributed by atoms with Crippen molar-refractivity contribution >= 4 is 25.2 Å². The molecule has 0 aromatic heterocycles. The third-order valence-electron chi connectivity index (χ3n) is 1.70. The van der Waals surface area contributed by atoms with Crippen molar-refractivity contribution in [3.05, 3.63) is 0 Å². The molecule has 0 fully saturated rings. The van der Waals surface area contributed by atoms with Crippen LogP contribution in [0, 0.1) is 0 Å². The fraction of sp³-hybridized carbons (Fsp3) is 0.667. The van der Waals surface area contributed by atoms with Crippen LogP contribution in [0.3, 0.4) is 0 Å². The SMILES string of the molecule is CCC(=O)O[BH-](OC(=O)CC)OC(=O)CC. The molecule has 0 heterocycles. The Balaban J connectivity index is 4.31. The fourth-order valence-electron chi connectivity index (χ4n) is 0.789. The molecule has 6 nitrogen and oxygen atoms in total. The quantitative estimate of drug-likeness (QED) is 0.621. The van der Waals surface area contributed by atoms with Gasteiger partial charge in [-0.2, -0.15) is 0 Å². The van der Waals surface area contributed by atoms with Crippen molar-refractivity contribution in [2.24, 2.45) is 0 Å². The van der Waals surface area contributed by atoms with E-state index in [0.29, 0.717) is 0 Å². The van der Waals surface area contributed by atoms with Crippen LogP contribution >= 0.6 is 0 Å². The number of hydrogen-bond acceptors (Lipinski definition) is 6. The molecule has 16 heavy (non-hydrogen) atoms. The Morgan fingerprint density at radius 3 is 1.19 bits per heavy atom. The molecule has 0 aliphatic carbocycles. The molecular formula is C9H16BO6-. The third-order valence-corrected chi connectivity index (χ3v) is 1.70. The van der Waals surface area contributed by atoms with Gasteiger partial charge in [0.25, 0.3) is 17.9 Å². The van der Waals surface area contributed by atoms with Crippen LogP contribution in [-0.2, 0) is 28.3 Å². The van der Waals surface area contributed by atoms with Crippen LogP contribution in [0.1, 0.15) is 40.0 Å². The maximum atomic E-state index is 11.0. The van der Waals surface area contributed by atoms with Gasteiger partial charge in [-0.05, 0) is 0 Å². The first kappa shape index (κ1) is 14.5. The lowest BCUT2D eigenvalue weighted by molar-refractivity contribution is -0.147. The predicted octanol–water partition coefficient (Wildman–Crippen LogP) is 0.563. The van der Waals surface area contributed by atoms with Gasteiger partial charge in [0.05, 0.1) is 0 Å². The molecule has 0 aromatic carbocycles. The average Bonchev–Trinajstić information content (AvgIpc) is 2.28. The standard InChI is InChI=1S/C9H16BO6/c1-4-7(11)14-10(15-8(12)5-2)16-9(13)6-3/h10H,4-6H2,1-3H3/q-1. The number of carbonyl (C=O) groups is 3. The Kier molecular flexibility index (Phi) is 6.99. The van der Waals surface area contributed by atoms with E-state index in [0.717, 1.165) is 0 Å². The molecule has 7 heteroatoms. The largest absolute Gasteiger partial charge is 0.625 e. The summed E-state index contributed by atoms with van der Waals surface area (Å²) in [6.07, 6.45) is 0.366. The van der Waals surface area contributed by atoms with E-state index in [-0.39, 0.29) is 19.3 Å². The summed E-state index contributed by atoms with van der Waals surface area (Å²) in [6, 6.07) is 0. The van der Waals surface area contributed by atoms with Gasteiger partial charge in [0.1, 0.15) is 0 Å². The molecule has 92 valence electrons. The van der Waals surface area contributed by atoms with Crippen molar-refractivity contribution in [1.29, 1.82) is 0 Å². The van der Waals surface area contributed by atoms with Crippen LogP contribution in [0.15, 0.2) is 0 Å². The van der Waals surface area contributed by atoms with Crippen molar-refractivity contribution in [3.63, 3.8) is 0 Å². The highest BCUT2D eigenvalue weighted by atomic mass is 16.8. The Morgan fingerprint density at radius 1 is 0.750 bits per heavy atom. The van der Waals surface area contributed by atoms with E-state index in [4.69, 9.17) is 14.0 Å². The molecule has 0 bridgehead atoms. The van der Waals surface area contributed by atoms with Crippen LogP contribution in [0.25, 0.3) is 0 Å². The van der Waals surface area contributed by atoms with E-state index in [1.54, 1.807) is 20.8 Å². The molecule has 0 radical (unpaired) electrons. The minimum Gasteiger partial charge on any atom is -0.625 e. The molecule has 0 aromatic rings. The topological polar surface area (TPSA) is 78.9 Å². The molecule has 0 N–H and O–H groups in total. The lowest BCUT2D eigenvalue weighted by atomic mass is 10.2. The zero-order valence-electron chi connectivity index (χ0n) is 9.78. The lowest BCUT2D eigenvalue weighted by Gasteiger charge is -2.27. The molecule has 0 aliphatic rings. The van der Waals surface area contributed by atoms with E-state index < -0.39 is 25.2 Å². The Bertz CT molecular complexity index is 222. The normalized spacial score (nSPS) is 9.75. The third kappa shape index (κ3) is 6.05. The van der Waals surface area contributed by atoms with Crippen molar-refractivity contribution in [2.45, 2.75) is 40.0 Å². The van der Waals surface area contributed by atoms with Gasteiger partial charge < -0.3 is 14.0 Å². The molecule has 0 spiro atoms. The van der Waals surface area contributed by atoms with E-state index in [9.17, 15) is 14.4 Å². The zero-order valence-corrected chi connectivity index (χ0v) is 9.78. The second-order valence-corrected chi connectivity index (χ2v) is 2.96. The van der Waals surface area contributed by atoms with E-state index >= 15 is 0 Å². The van der Waals surface area contributed by atoms with E-state index in [1.165, 1.54) is 0 Å². The molecule has 0 atom stereocenters. The highest BCUT2D eigenvalue weighted by Gasteiger charge is 2.16. The smallest absolute Gasteiger partial charge is 0.541 e. The van der Waals surface area contributed by atoms with Gasteiger partial charge in [0, 0.05) is 19.3 Å². The van der Waals surface area contributed by atoms with Crippen LogP contribution in [0.2, 0.25) is 0 Å². The minimum absolute atomic E-state index is 0.122. The maximum absolute atomic E-state index is 11.0. The Morgan fingerprint density at radius 2 is 1.00 bits per heavy atom. The van der Waals surface area contributed by atoms with Gasteiger partial charge in [-0.15, -0.1) is 0 Å². The number of carbonyl (C=O) groups excluding carboxylic acids is 3. The lowest BCUT2D eigenvalue weighted by Crippen LogP contribution is -2.34. The molecule has 0 amide bonds. The van der Waals surface area contributed by atoms with Gasteiger partial charge in [-0.3, -0.25) is 14.4 Å².